The summed E-state index contributed by atoms with van der Waals surface area (Å²) >= 11 is 1.83. The fraction of sp³-hybridized carbons (Fsp3) is 0.722. The van der Waals surface area contributed by atoms with Crippen LogP contribution in [0, 0.1) is 5.92 Å². The molecule has 0 aliphatic carbocycles. The van der Waals surface area contributed by atoms with E-state index in [0.29, 0.717) is 5.92 Å². The molecule has 0 aliphatic rings. The normalized spacial score (nSPS) is 13.3. The molecule has 24 heavy (non-hydrogen) atoms. The van der Waals surface area contributed by atoms with Gasteiger partial charge in [0.15, 0.2) is 5.96 Å². The van der Waals surface area contributed by atoms with E-state index in [4.69, 9.17) is 9.73 Å². The zero-order chi connectivity index (χ0) is 17.6. The van der Waals surface area contributed by atoms with Crippen LogP contribution < -0.4 is 10.6 Å². The van der Waals surface area contributed by atoms with Crippen LogP contribution in [0.15, 0.2) is 22.5 Å². The number of hydrogen-bond donors (Lipinski definition) is 2. The first-order valence-corrected chi connectivity index (χ1v) is 9.75. The van der Waals surface area contributed by atoms with Crippen molar-refractivity contribution in [2.75, 3.05) is 53.5 Å². The van der Waals surface area contributed by atoms with Gasteiger partial charge in [0.1, 0.15) is 0 Å². The lowest BCUT2D eigenvalue weighted by molar-refractivity contribution is 0.161. The van der Waals surface area contributed by atoms with E-state index in [1.54, 1.807) is 7.11 Å². The van der Waals surface area contributed by atoms with Crippen molar-refractivity contribution in [2.45, 2.75) is 26.7 Å². The van der Waals surface area contributed by atoms with Gasteiger partial charge < -0.3 is 20.3 Å². The highest BCUT2D eigenvalue weighted by Gasteiger charge is 2.05. The van der Waals surface area contributed by atoms with Crippen LogP contribution in [0.1, 0.15) is 25.1 Å². The second-order valence-electron chi connectivity index (χ2n) is 6.18. The van der Waals surface area contributed by atoms with Crippen molar-refractivity contribution >= 4 is 17.3 Å². The van der Waals surface area contributed by atoms with Crippen molar-refractivity contribution < 1.29 is 4.74 Å². The highest BCUT2D eigenvalue weighted by molar-refractivity contribution is 7.09. The molecule has 0 spiro atoms. The maximum Gasteiger partial charge on any atom is 0.191 e. The molecule has 0 aromatic carbocycles. The molecular formula is C18H34N4OS. The molecule has 0 saturated heterocycles. The third kappa shape index (κ3) is 9.90. The van der Waals surface area contributed by atoms with Crippen LogP contribution in [0.2, 0.25) is 0 Å². The van der Waals surface area contributed by atoms with Gasteiger partial charge in [0, 0.05) is 38.2 Å². The van der Waals surface area contributed by atoms with Crippen molar-refractivity contribution in [3.05, 3.63) is 22.4 Å². The number of guanidine groups is 1. The Morgan fingerprint density at radius 1 is 1.38 bits per heavy atom. The monoisotopic (exact) mass is 354 g/mol. The summed E-state index contributed by atoms with van der Waals surface area (Å²) in [5.74, 6) is 1.48. The fourth-order valence-electron chi connectivity index (χ4n) is 2.34. The van der Waals surface area contributed by atoms with E-state index in [9.17, 15) is 0 Å². The zero-order valence-electron chi connectivity index (χ0n) is 15.7. The molecule has 1 heterocycles. The predicted octanol–water partition coefficient (Wildman–Crippen LogP) is 2.45. The molecular weight excluding hydrogens is 320 g/mol. The van der Waals surface area contributed by atoms with Gasteiger partial charge in [-0.3, -0.25) is 4.99 Å². The lowest BCUT2D eigenvalue weighted by Crippen LogP contribution is -2.39. The quantitative estimate of drug-likeness (QED) is 0.344. The summed E-state index contributed by atoms with van der Waals surface area (Å²) in [6.45, 7) is 9.86. The van der Waals surface area contributed by atoms with Crippen LogP contribution in [0.3, 0.4) is 0 Å². The maximum absolute atomic E-state index is 5.09. The Morgan fingerprint density at radius 3 is 2.88 bits per heavy atom. The summed E-state index contributed by atoms with van der Waals surface area (Å²) in [7, 11) is 3.87. The zero-order valence-corrected chi connectivity index (χ0v) is 16.5. The number of nitrogens with zero attached hydrogens (tertiary/aromatic N) is 2. The number of rotatable bonds is 12. The van der Waals surface area contributed by atoms with Gasteiger partial charge in [0.2, 0.25) is 0 Å². The maximum atomic E-state index is 5.09. The summed E-state index contributed by atoms with van der Waals surface area (Å²) in [6, 6.07) is 4.32. The number of methoxy groups -OCH3 is 1. The molecule has 0 saturated carbocycles. The lowest BCUT2D eigenvalue weighted by atomic mass is 10.1. The van der Waals surface area contributed by atoms with Gasteiger partial charge in [0.25, 0.3) is 0 Å². The SMILES string of the molecule is CCNC(=NCC(C)Cc1cccs1)NCCCN(C)CCOC. The molecule has 1 aromatic heterocycles. The lowest BCUT2D eigenvalue weighted by Gasteiger charge is -2.17. The smallest absolute Gasteiger partial charge is 0.191 e. The van der Waals surface area contributed by atoms with Crippen LogP contribution in [-0.4, -0.2) is 64.3 Å². The topological polar surface area (TPSA) is 48.9 Å². The minimum Gasteiger partial charge on any atom is -0.383 e. The first kappa shape index (κ1) is 20.9. The van der Waals surface area contributed by atoms with Gasteiger partial charge in [0.05, 0.1) is 6.61 Å². The largest absolute Gasteiger partial charge is 0.383 e. The standard InChI is InChI=1S/C18H34N4OS/c1-5-19-18(20-9-7-10-22(3)11-12-23-4)21-15-16(2)14-17-8-6-13-24-17/h6,8,13,16H,5,7,9-12,14-15H2,1-4H3,(H2,19,20,21). The summed E-state index contributed by atoms with van der Waals surface area (Å²) in [5, 5.41) is 8.90. The van der Waals surface area contributed by atoms with E-state index < -0.39 is 0 Å². The van der Waals surface area contributed by atoms with E-state index in [1.165, 1.54) is 4.88 Å². The molecule has 0 aliphatic heterocycles. The number of ether oxygens (including phenoxy) is 1. The van der Waals surface area contributed by atoms with Gasteiger partial charge in [-0.15, -0.1) is 11.3 Å². The predicted molar refractivity (Wildman–Crippen MR) is 105 cm³/mol. The Hall–Kier alpha value is -1.11. The van der Waals surface area contributed by atoms with E-state index in [2.05, 4.69) is 53.9 Å². The van der Waals surface area contributed by atoms with Gasteiger partial charge in [-0.05, 0) is 50.7 Å². The van der Waals surface area contributed by atoms with E-state index in [-0.39, 0.29) is 0 Å². The molecule has 5 nitrogen and oxygen atoms in total. The summed E-state index contributed by atoms with van der Waals surface area (Å²) in [5.41, 5.74) is 0. The van der Waals surface area contributed by atoms with E-state index >= 15 is 0 Å². The Morgan fingerprint density at radius 2 is 2.21 bits per heavy atom. The number of hydrogen-bond acceptors (Lipinski definition) is 4. The van der Waals surface area contributed by atoms with E-state index in [1.807, 2.05) is 11.3 Å². The van der Waals surface area contributed by atoms with Gasteiger partial charge in [-0.1, -0.05) is 13.0 Å². The minimum atomic E-state index is 0.555. The molecule has 0 radical (unpaired) electrons. The molecule has 2 N–H and O–H groups in total. The number of aliphatic imine (C=N–C) groups is 1. The summed E-state index contributed by atoms with van der Waals surface area (Å²) < 4.78 is 5.09. The average molecular weight is 355 g/mol. The van der Waals surface area contributed by atoms with Gasteiger partial charge in [-0.25, -0.2) is 0 Å². The molecule has 6 heteroatoms. The third-order valence-electron chi connectivity index (χ3n) is 3.72. The first-order valence-electron chi connectivity index (χ1n) is 8.87. The average Bonchev–Trinajstić information content (AvgIpc) is 3.07. The fourth-order valence-corrected chi connectivity index (χ4v) is 3.21. The molecule has 0 fully saturated rings. The van der Waals surface area contributed by atoms with Crippen LogP contribution in [0.25, 0.3) is 0 Å². The Bertz CT molecular complexity index is 436. The molecule has 1 unspecified atom stereocenters. The van der Waals surface area contributed by atoms with Crippen molar-refractivity contribution in [1.29, 1.82) is 0 Å². The van der Waals surface area contributed by atoms with Crippen LogP contribution >= 0.6 is 11.3 Å². The molecule has 1 rings (SSSR count). The van der Waals surface area contributed by atoms with Crippen molar-refractivity contribution in [3.63, 3.8) is 0 Å². The van der Waals surface area contributed by atoms with Crippen LogP contribution in [0.4, 0.5) is 0 Å². The Labute approximate surface area is 151 Å². The Kier molecular flexibility index (Phi) is 11.5. The van der Waals surface area contributed by atoms with Crippen molar-refractivity contribution in [3.8, 4) is 0 Å². The van der Waals surface area contributed by atoms with Gasteiger partial charge >= 0.3 is 0 Å². The molecule has 1 atom stereocenters. The van der Waals surface area contributed by atoms with Crippen molar-refractivity contribution in [1.82, 2.24) is 15.5 Å². The van der Waals surface area contributed by atoms with Gasteiger partial charge in [-0.2, -0.15) is 0 Å². The summed E-state index contributed by atoms with van der Waals surface area (Å²) in [6.07, 6.45) is 2.19. The second kappa shape index (κ2) is 13.2. The molecule has 1 aromatic rings. The van der Waals surface area contributed by atoms with Crippen LogP contribution in [-0.2, 0) is 11.2 Å². The Balaban J connectivity index is 2.26. The minimum absolute atomic E-state index is 0.555. The third-order valence-corrected chi connectivity index (χ3v) is 4.62. The molecule has 138 valence electrons. The number of thiophene rings is 1. The van der Waals surface area contributed by atoms with Crippen LogP contribution in [0.5, 0.6) is 0 Å². The number of likely N-dealkylation sites (N-methyl/N-ethyl adjacent to an activating group) is 1. The van der Waals surface area contributed by atoms with E-state index in [0.717, 1.165) is 58.1 Å². The second-order valence-corrected chi connectivity index (χ2v) is 7.22. The molecule has 0 bridgehead atoms. The molecule has 0 amide bonds. The first-order chi connectivity index (χ1) is 11.7. The highest BCUT2D eigenvalue weighted by Crippen LogP contribution is 2.14. The highest BCUT2D eigenvalue weighted by atomic mass is 32.1. The number of nitrogens with one attached hydrogen (secondary N) is 2. The summed E-state index contributed by atoms with van der Waals surface area (Å²) in [4.78, 5) is 8.46. The van der Waals surface area contributed by atoms with Crippen molar-refractivity contribution in [2.24, 2.45) is 10.9 Å².